The molecule has 1 aliphatic heterocycles. The summed E-state index contributed by atoms with van der Waals surface area (Å²) in [6, 6.07) is 5.99. The number of benzene rings is 1. The minimum atomic E-state index is -0.0723. The summed E-state index contributed by atoms with van der Waals surface area (Å²) in [7, 11) is 3.47. The zero-order valence-corrected chi connectivity index (χ0v) is 11.1. The smallest absolute Gasteiger partial charge is 0.123 e. The van der Waals surface area contributed by atoms with Crippen LogP contribution in [-0.4, -0.2) is 32.9 Å². The molecule has 0 spiro atoms. The van der Waals surface area contributed by atoms with Gasteiger partial charge in [0.15, 0.2) is 0 Å². The van der Waals surface area contributed by atoms with Crippen molar-refractivity contribution in [1.29, 1.82) is 0 Å². The first-order valence-electron chi connectivity index (χ1n) is 5.28. The summed E-state index contributed by atoms with van der Waals surface area (Å²) in [6.07, 6.45) is 0.862. The van der Waals surface area contributed by atoms with E-state index in [0.717, 1.165) is 29.7 Å². The number of hydrogen-bond acceptors (Lipinski definition) is 3. The van der Waals surface area contributed by atoms with E-state index in [4.69, 9.17) is 9.47 Å². The van der Waals surface area contributed by atoms with Crippen LogP contribution in [0.5, 0.6) is 5.75 Å². The molecule has 1 aliphatic rings. The van der Waals surface area contributed by atoms with Gasteiger partial charge in [0.2, 0.25) is 0 Å². The fourth-order valence-electron chi connectivity index (χ4n) is 1.97. The van der Waals surface area contributed by atoms with E-state index in [2.05, 4.69) is 21.2 Å². The van der Waals surface area contributed by atoms with E-state index in [-0.39, 0.29) is 5.60 Å². The highest BCUT2D eigenvalue weighted by Crippen LogP contribution is 2.32. The molecule has 0 saturated carbocycles. The standard InChI is InChI=1S/C12H16BrNO2/c1-15-11-5-3-4-10(13)9(11)6-12(16-2)7-14-8-12/h3-5,14H,6-8H2,1-2H3. The Hall–Kier alpha value is -0.580. The van der Waals surface area contributed by atoms with Crippen LogP contribution in [0.25, 0.3) is 0 Å². The topological polar surface area (TPSA) is 30.5 Å². The van der Waals surface area contributed by atoms with Crippen molar-refractivity contribution in [2.24, 2.45) is 0 Å². The second kappa shape index (κ2) is 4.73. The molecular weight excluding hydrogens is 270 g/mol. The molecule has 3 nitrogen and oxygen atoms in total. The third-order valence-electron chi connectivity index (χ3n) is 3.12. The molecule has 1 fully saturated rings. The normalized spacial score (nSPS) is 17.9. The molecule has 4 heteroatoms. The average Bonchev–Trinajstić information content (AvgIpc) is 2.25. The highest BCUT2D eigenvalue weighted by atomic mass is 79.9. The maximum Gasteiger partial charge on any atom is 0.123 e. The minimum absolute atomic E-state index is 0.0723. The molecule has 0 amide bonds. The molecule has 0 aromatic heterocycles. The van der Waals surface area contributed by atoms with Gasteiger partial charge in [-0.1, -0.05) is 22.0 Å². The highest BCUT2D eigenvalue weighted by molar-refractivity contribution is 9.10. The van der Waals surface area contributed by atoms with Gasteiger partial charge in [-0.15, -0.1) is 0 Å². The fraction of sp³-hybridized carbons (Fsp3) is 0.500. The van der Waals surface area contributed by atoms with Crippen molar-refractivity contribution in [3.63, 3.8) is 0 Å². The van der Waals surface area contributed by atoms with Gasteiger partial charge >= 0.3 is 0 Å². The predicted molar refractivity (Wildman–Crippen MR) is 67.0 cm³/mol. The van der Waals surface area contributed by atoms with E-state index in [1.54, 1.807) is 14.2 Å². The van der Waals surface area contributed by atoms with Crippen molar-refractivity contribution >= 4 is 15.9 Å². The Morgan fingerprint density at radius 3 is 2.62 bits per heavy atom. The third-order valence-corrected chi connectivity index (χ3v) is 3.87. The van der Waals surface area contributed by atoms with E-state index in [0.29, 0.717) is 0 Å². The summed E-state index contributed by atoms with van der Waals surface area (Å²) in [5.74, 6) is 0.915. The van der Waals surface area contributed by atoms with Crippen LogP contribution >= 0.6 is 15.9 Å². The Balaban J connectivity index is 2.26. The van der Waals surface area contributed by atoms with Crippen LogP contribution in [0.1, 0.15) is 5.56 Å². The van der Waals surface area contributed by atoms with E-state index in [1.165, 1.54) is 5.56 Å². The molecule has 0 bridgehead atoms. The summed E-state index contributed by atoms with van der Waals surface area (Å²) in [6.45, 7) is 1.79. The molecule has 1 saturated heterocycles. The summed E-state index contributed by atoms with van der Waals surface area (Å²) in [4.78, 5) is 0. The van der Waals surface area contributed by atoms with Gasteiger partial charge < -0.3 is 14.8 Å². The second-order valence-electron chi connectivity index (χ2n) is 4.09. The van der Waals surface area contributed by atoms with Gasteiger partial charge in [0, 0.05) is 36.7 Å². The Morgan fingerprint density at radius 1 is 1.38 bits per heavy atom. The first-order chi connectivity index (χ1) is 7.71. The summed E-state index contributed by atoms with van der Waals surface area (Å²) >= 11 is 3.57. The van der Waals surface area contributed by atoms with Gasteiger partial charge in [0.1, 0.15) is 5.75 Å². The van der Waals surface area contributed by atoms with Crippen LogP contribution in [-0.2, 0) is 11.2 Å². The van der Waals surface area contributed by atoms with Crippen molar-refractivity contribution in [3.05, 3.63) is 28.2 Å². The predicted octanol–water partition coefficient (Wildman–Crippen LogP) is 1.99. The van der Waals surface area contributed by atoms with Gasteiger partial charge in [-0.3, -0.25) is 0 Å². The molecular formula is C12H16BrNO2. The molecule has 1 heterocycles. The lowest BCUT2D eigenvalue weighted by molar-refractivity contribution is -0.0506. The molecule has 1 N–H and O–H groups in total. The number of nitrogens with one attached hydrogen (secondary N) is 1. The molecule has 1 aromatic carbocycles. The zero-order valence-electron chi connectivity index (χ0n) is 9.55. The number of ether oxygens (including phenoxy) is 2. The van der Waals surface area contributed by atoms with Crippen LogP contribution in [0.4, 0.5) is 0 Å². The molecule has 0 radical (unpaired) electrons. The van der Waals surface area contributed by atoms with Gasteiger partial charge in [0.25, 0.3) is 0 Å². The largest absolute Gasteiger partial charge is 0.496 e. The number of rotatable bonds is 4. The van der Waals surface area contributed by atoms with Crippen LogP contribution in [0.2, 0.25) is 0 Å². The Labute approximate surface area is 104 Å². The molecule has 0 unspecified atom stereocenters. The molecule has 0 atom stereocenters. The van der Waals surface area contributed by atoms with Crippen molar-refractivity contribution in [2.75, 3.05) is 27.3 Å². The van der Waals surface area contributed by atoms with Gasteiger partial charge in [-0.25, -0.2) is 0 Å². The second-order valence-corrected chi connectivity index (χ2v) is 4.94. The van der Waals surface area contributed by atoms with Crippen molar-refractivity contribution in [1.82, 2.24) is 5.32 Å². The lowest BCUT2D eigenvalue weighted by Crippen LogP contribution is -2.61. The monoisotopic (exact) mass is 285 g/mol. The van der Waals surface area contributed by atoms with Gasteiger partial charge in [0.05, 0.1) is 12.7 Å². The fourth-order valence-corrected chi connectivity index (χ4v) is 2.46. The average molecular weight is 286 g/mol. The molecule has 2 rings (SSSR count). The Kier molecular flexibility index (Phi) is 3.52. The molecule has 88 valence electrons. The summed E-state index contributed by atoms with van der Waals surface area (Å²) < 4.78 is 12.1. The minimum Gasteiger partial charge on any atom is -0.496 e. The van der Waals surface area contributed by atoms with Crippen LogP contribution in [0.15, 0.2) is 22.7 Å². The first kappa shape index (κ1) is 11.9. The lowest BCUT2D eigenvalue weighted by atomic mass is 9.88. The van der Waals surface area contributed by atoms with Crippen LogP contribution in [0, 0.1) is 0 Å². The Morgan fingerprint density at radius 2 is 2.12 bits per heavy atom. The first-order valence-corrected chi connectivity index (χ1v) is 6.07. The van der Waals surface area contributed by atoms with E-state index in [9.17, 15) is 0 Å². The molecule has 1 aromatic rings. The van der Waals surface area contributed by atoms with Gasteiger partial charge in [-0.2, -0.15) is 0 Å². The maximum atomic E-state index is 5.59. The van der Waals surface area contributed by atoms with Gasteiger partial charge in [-0.05, 0) is 12.1 Å². The SMILES string of the molecule is COc1cccc(Br)c1CC1(OC)CNC1. The van der Waals surface area contributed by atoms with Crippen LogP contribution in [0.3, 0.4) is 0 Å². The number of methoxy groups -OCH3 is 2. The lowest BCUT2D eigenvalue weighted by Gasteiger charge is -2.41. The molecule has 16 heavy (non-hydrogen) atoms. The summed E-state index contributed by atoms with van der Waals surface area (Å²) in [5.41, 5.74) is 1.10. The highest BCUT2D eigenvalue weighted by Gasteiger charge is 2.38. The van der Waals surface area contributed by atoms with Crippen LogP contribution < -0.4 is 10.1 Å². The van der Waals surface area contributed by atoms with Crippen molar-refractivity contribution < 1.29 is 9.47 Å². The maximum absolute atomic E-state index is 5.59. The zero-order chi connectivity index (χ0) is 11.6. The van der Waals surface area contributed by atoms with E-state index in [1.807, 2.05) is 18.2 Å². The van der Waals surface area contributed by atoms with Crippen molar-refractivity contribution in [3.8, 4) is 5.75 Å². The quantitative estimate of drug-likeness (QED) is 0.918. The molecule has 0 aliphatic carbocycles. The van der Waals surface area contributed by atoms with E-state index < -0.39 is 0 Å². The van der Waals surface area contributed by atoms with E-state index >= 15 is 0 Å². The third kappa shape index (κ3) is 2.10. The summed E-state index contributed by atoms with van der Waals surface area (Å²) in [5, 5.41) is 3.25. The number of halogens is 1. The number of hydrogen-bond donors (Lipinski definition) is 1. The van der Waals surface area contributed by atoms with Crippen molar-refractivity contribution in [2.45, 2.75) is 12.0 Å². The Bertz CT molecular complexity index is 372.